The summed E-state index contributed by atoms with van der Waals surface area (Å²) in [5, 5.41) is 4.36. The molecule has 0 saturated heterocycles. The summed E-state index contributed by atoms with van der Waals surface area (Å²) in [6, 6.07) is 17.2. The molecule has 3 aromatic carbocycles. The van der Waals surface area contributed by atoms with E-state index < -0.39 is 16.1 Å². The van der Waals surface area contributed by atoms with Crippen LogP contribution in [0, 0.1) is 0 Å². The summed E-state index contributed by atoms with van der Waals surface area (Å²) in [4.78, 5) is 28.0. The lowest BCUT2D eigenvalue weighted by atomic mass is 10.3. The second-order valence-corrected chi connectivity index (χ2v) is 8.92. The SMILES string of the molecule is O=C1N=c2ccc(Nc3nc4ccccc4nc3NS(=O)(=O)c3ccc(Cl)cc3)cc2=N1. The van der Waals surface area contributed by atoms with Crippen LogP contribution in [0.15, 0.2) is 81.6 Å². The summed E-state index contributed by atoms with van der Waals surface area (Å²) in [6.45, 7) is 0. The van der Waals surface area contributed by atoms with Gasteiger partial charge in [0, 0.05) is 10.7 Å². The number of urea groups is 1. The molecule has 0 spiro atoms. The number of carbonyl (C=O) groups is 1. The van der Waals surface area contributed by atoms with E-state index in [1.54, 1.807) is 42.5 Å². The molecule has 0 aliphatic carbocycles. The van der Waals surface area contributed by atoms with Gasteiger partial charge in [0.2, 0.25) is 0 Å². The van der Waals surface area contributed by atoms with Crippen molar-refractivity contribution in [1.82, 2.24) is 9.97 Å². The van der Waals surface area contributed by atoms with Crippen LogP contribution in [0.3, 0.4) is 0 Å². The third-order valence-electron chi connectivity index (χ3n) is 4.60. The van der Waals surface area contributed by atoms with Crippen molar-refractivity contribution in [1.29, 1.82) is 0 Å². The Bertz CT molecular complexity index is 1620. The summed E-state index contributed by atoms with van der Waals surface area (Å²) in [5.74, 6) is 0.194. The molecule has 2 amide bonds. The zero-order valence-electron chi connectivity index (χ0n) is 16.2. The molecule has 0 atom stereocenters. The second kappa shape index (κ2) is 7.66. The molecular weight excluding hydrogens is 452 g/mol. The number of rotatable bonds is 5. The number of amides is 2. The maximum atomic E-state index is 12.9. The number of hydrogen-bond acceptors (Lipinski definition) is 6. The Morgan fingerprint density at radius 3 is 2.16 bits per heavy atom. The van der Waals surface area contributed by atoms with Crippen LogP contribution in [-0.2, 0) is 10.0 Å². The van der Waals surface area contributed by atoms with Crippen molar-refractivity contribution in [2.24, 2.45) is 9.98 Å². The number of benzene rings is 3. The zero-order chi connectivity index (χ0) is 22.3. The fourth-order valence-corrected chi connectivity index (χ4v) is 4.25. The fourth-order valence-electron chi connectivity index (χ4n) is 3.11. The lowest BCUT2D eigenvalue weighted by Gasteiger charge is -2.14. The van der Waals surface area contributed by atoms with E-state index in [0.717, 1.165) is 0 Å². The molecule has 0 bridgehead atoms. The van der Waals surface area contributed by atoms with Crippen molar-refractivity contribution in [2.45, 2.75) is 4.90 Å². The highest BCUT2D eigenvalue weighted by atomic mass is 35.5. The lowest BCUT2D eigenvalue weighted by Crippen LogP contribution is -2.21. The number of carbonyl (C=O) groups excluding carboxylic acids is 1. The highest BCUT2D eigenvalue weighted by molar-refractivity contribution is 7.92. The van der Waals surface area contributed by atoms with Gasteiger partial charge < -0.3 is 5.32 Å². The van der Waals surface area contributed by atoms with Crippen LogP contribution < -0.4 is 20.8 Å². The van der Waals surface area contributed by atoms with Crippen molar-refractivity contribution >= 4 is 56.0 Å². The van der Waals surface area contributed by atoms with E-state index in [-0.39, 0.29) is 16.5 Å². The van der Waals surface area contributed by atoms with Gasteiger partial charge in [0.15, 0.2) is 11.6 Å². The number of para-hydroxylation sites is 2. The Morgan fingerprint density at radius 1 is 0.781 bits per heavy atom. The zero-order valence-corrected chi connectivity index (χ0v) is 17.7. The standard InChI is InChI=1S/C21H13ClN6O3S/c22-12-5-8-14(9-6-12)32(30,31)28-20-19(24-15-3-1-2-4-16(15)25-20)23-13-7-10-17-18(11-13)27-21(29)26-17/h1-11H,(H,23,24)(H,25,28). The molecule has 11 heteroatoms. The minimum Gasteiger partial charge on any atom is -0.337 e. The van der Waals surface area contributed by atoms with Crippen molar-refractivity contribution in [3.8, 4) is 0 Å². The van der Waals surface area contributed by atoms with Crippen molar-refractivity contribution < 1.29 is 13.2 Å². The molecule has 1 aliphatic rings. The van der Waals surface area contributed by atoms with Gasteiger partial charge in [0.05, 0.1) is 26.6 Å². The average Bonchev–Trinajstić information content (AvgIpc) is 3.13. The molecule has 5 rings (SSSR count). The van der Waals surface area contributed by atoms with Gasteiger partial charge in [-0.3, -0.25) is 4.72 Å². The molecule has 4 aromatic rings. The molecule has 0 saturated carbocycles. The quantitative estimate of drug-likeness (QED) is 0.467. The van der Waals surface area contributed by atoms with E-state index in [1.165, 1.54) is 24.3 Å². The first-order chi connectivity index (χ1) is 15.4. The molecule has 1 aromatic heterocycles. The molecule has 2 heterocycles. The Balaban J connectivity index is 1.58. The van der Waals surface area contributed by atoms with E-state index in [4.69, 9.17) is 11.6 Å². The number of anilines is 3. The summed E-state index contributed by atoms with van der Waals surface area (Å²) < 4.78 is 28.3. The van der Waals surface area contributed by atoms with Crippen molar-refractivity contribution in [3.63, 3.8) is 0 Å². The van der Waals surface area contributed by atoms with Gasteiger partial charge >= 0.3 is 6.03 Å². The molecule has 0 unspecified atom stereocenters. The molecule has 158 valence electrons. The van der Waals surface area contributed by atoms with Crippen LogP contribution in [0.1, 0.15) is 0 Å². The number of aromatic nitrogens is 2. The minimum atomic E-state index is -3.96. The first kappa shape index (κ1) is 20.0. The van der Waals surface area contributed by atoms with Gasteiger partial charge in [0.25, 0.3) is 10.0 Å². The molecule has 9 nitrogen and oxygen atoms in total. The van der Waals surface area contributed by atoms with Gasteiger partial charge in [0.1, 0.15) is 0 Å². The van der Waals surface area contributed by atoms with E-state index in [0.29, 0.717) is 32.5 Å². The molecule has 32 heavy (non-hydrogen) atoms. The van der Waals surface area contributed by atoms with Crippen molar-refractivity contribution in [3.05, 3.63) is 82.5 Å². The van der Waals surface area contributed by atoms with Crippen molar-refractivity contribution in [2.75, 3.05) is 10.0 Å². The fraction of sp³-hybridized carbons (Fsp3) is 0. The monoisotopic (exact) mass is 464 g/mol. The summed E-state index contributed by atoms with van der Waals surface area (Å²) >= 11 is 5.87. The van der Waals surface area contributed by atoms with Gasteiger partial charge in [-0.15, -0.1) is 0 Å². The number of fused-ring (bicyclic) bond motifs is 2. The Hall–Kier alpha value is -3.89. The molecule has 2 N–H and O–H groups in total. The first-order valence-electron chi connectivity index (χ1n) is 9.31. The molecule has 0 fully saturated rings. The highest BCUT2D eigenvalue weighted by Crippen LogP contribution is 2.27. The third-order valence-corrected chi connectivity index (χ3v) is 6.20. The molecular formula is C21H13ClN6O3S. The smallest absolute Gasteiger partial charge is 0.337 e. The van der Waals surface area contributed by atoms with Gasteiger partial charge in [-0.2, -0.15) is 9.98 Å². The predicted molar refractivity (Wildman–Crippen MR) is 119 cm³/mol. The summed E-state index contributed by atoms with van der Waals surface area (Å²) in [6.07, 6.45) is 0. The molecule has 0 radical (unpaired) electrons. The van der Waals surface area contributed by atoms with Crippen LogP contribution in [0.5, 0.6) is 0 Å². The lowest BCUT2D eigenvalue weighted by molar-refractivity contribution is 0.256. The number of halogens is 1. The van der Waals surface area contributed by atoms with Crippen LogP contribution >= 0.6 is 11.6 Å². The third kappa shape index (κ3) is 3.88. The Kier molecular flexibility index (Phi) is 4.80. The summed E-state index contributed by atoms with van der Waals surface area (Å²) in [7, 11) is -3.96. The topological polar surface area (TPSA) is 126 Å². The van der Waals surface area contributed by atoms with Crippen LogP contribution in [0.25, 0.3) is 11.0 Å². The van der Waals surface area contributed by atoms with E-state index in [1.807, 2.05) is 0 Å². The Labute approximate surface area is 186 Å². The van der Waals surface area contributed by atoms with E-state index in [9.17, 15) is 13.2 Å². The first-order valence-corrected chi connectivity index (χ1v) is 11.2. The van der Waals surface area contributed by atoms with E-state index >= 15 is 0 Å². The number of sulfonamides is 1. The van der Waals surface area contributed by atoms with E-state index in [2.05, 4.69) is 30.0 Å². The van der Waals surface area contributed by atoms with Crippen LogP contribution in [-0.4, -0.2) is 24.4 Å². The number of nitrogens with zero attached hydrogens (tertiary/aromatic N) is 4. The van der Waals surface area contributed by atoms with Gasteiger partial charge in [-0.05, 0) is 54.6 Å². The minimum absolute atomic E-state index is 0.0110. The Morgan fingerprint density at radius 2 is 1.44 bits per heavy atom. The number of nitrogens with one attached hydrogen (secondary N) is 2. The van der Waals surface area contributed by atoms with Gasteiger partial charge in [-0.1, -0.05) is 23.7 Å². The normalized spacial score (nSPS) is 12.7. The highest BCUT2D eigenvalue weighted by Gasteiger charge is 2.19. The largest absolute Gasteiger partial charge is 0.368 e. The maximum absolute atomic E-state index is 12.9. The van der Waals surface area contributed by atoms with Crippen LogP contribution in [0.4, 0.5) is 22.1 Å². The van der Waals surface area contributed by atoms with Crippen LogP contribution in [0.2, 0.25) is 5.02 Å². The summed E-state index contributed by atoms with van der Waals surface area (Å²) in [5.41, 5.74) is 1.62. The number of hydrogen-bond donors (Lipinski definition) is 2. The average molecular weight is 465 g/mol. The molecule has 1 aliphatic heterocycles. The predicted octanol–water partition coefficient (Wildman–Crippen LogP) is 3.20. The second-order valence-electron chi connectivity index (χ2n) is 6.80. The van der Waals surface area contributed by atoms with Gasteiger partial charge in [-0.25, -0.2) is 23.2 Å². The maximum Gasteiger partial charge on any atom is 0.368 e.